The van der Waals surface area contributed by atoms with Crippen molar-refractivity contribution in [2.24, 2.45) is 0 Å². The number of nitrogen functional groups attached to an aromatic ring is 1. The Hall–Kier alpha value is -1.95. The summed E-state index contributed by atoms with van der Waals surface area (Å²) in [6.07, 6.45) is 0.488. The lowest BCUT2D eigenvalue weighted by molar-refractivity contribution is -0.0704. The molecule has 0 spiro atoms. The number of morpholine rings is 1. The molecule has 24 heavy (non-hydrogen) atoms. The summed E-state index contributed by atoms with van der Waals surface area (Å²) in [5.41, 5.74) is 9.85. The van der Waals surface area contributed by atoms with Crippen molar-refractivity contribution >= 4 is 5.82 Å². The van der Waals surface area contributed by atoms with Crippen LogP contribution in [0.1, 0.15) is 25.0 Å². The zero-order valence-corrected chi connectivity index (χ0v) is 14.3. The third kappa shape index (κ3) is 4.12. The molecule has 1 aromatic carbocycles. The molecule has 1 fully saturated rings. The van der Waals surface area contributed by atoms with Crippen molar-refractivity contribution in [1.29, 1.82) is 0 Å². The first-order valence-corrected chi connectivity index (χ1v) is 8.38. The molecule has 2 aromatic rings. The smallest absolute Gasteiger partial charge is 0.124 e. The topological polar surface area (TPSA) is 71.6 Å². The van der Waals surface area contributed by atoms with Crippen molar-refractivity contribution < 1.29 is 9.84 Å². The largest absolute Gasteiger partial charge is 0.392 e. The highest BCUT2D eigenvalue weighted by Crippen LogP contribution is 2.23. The van der Waals surface area contributed by atoms with E-state index in [1.165, 1.54) is 0 Å². The van der Waals surface area contributed by atoms with E-state index in [0.29, 0.717) is 5.82 Å². The second kappa shape index (κ2) is 7.30. The Kier molecular flexibility index (Phi) is 5.14. The molecular formula is C19H25N3O2. The Labute approximate surface area is 143 Å². The lowest BCUT2D eigenvalue weighted by atomic mass is 10.1. The molecule has 1 aliphatic rings. The number of aliphatic hydroxyl groups is 1. The number of benzene rings is 1. The zero-order chi connectivity index (χ0) is 17.1. The number of nitrogens with two attached hydrogens (primary N) is 1. The van der Waals surface area contributed by atoms with Crippen LogP contribution in [-0.4, -0.2) is 40.3 Å². The highest BCUT2D eigenvalue weighted by atomic mass is 16.5. The van der Waals surface area contributed by atoms with Gasteiger partial charge >= 0.3 is 0 Å². The number of rotatable bonds is 4. The Bertz CT molecular complexity index is 695. The van der Waals surface area contributed by atoms with Crippen LogP contribution in [0.3, 0.4) is 0 Å². The number of aromatic nitrogens is 1. The van der Waals surface area contributed by atoms with E-state index >= 15 is 0 Å². The van der Waals surface area contributed by atoms with Crippen molar-refractivity contribution in [1.82, 2.24) is 9.88 Å². The summed E-state index contributed by atoms with van der Waals surface area (Å²) < 4.78 is 5.79. The summed E-state index contributed by atoms with van der Waals surface area (Å²) in [7, 11) is 0. The van der Waals surface area contributed by atoms with Crippen molar-refractivity contribution in [2.75, 3.05) is 18.8 Å². The van der Waals surface area contributed by atoms with Crippen LogP contribution in [0.15, 0.2) is 36.4 Å². The fourth-order valence-electron chi connectivity index (χ4n) is 3.35. The number of anilines is 1. The van der Waals surface area contributed by atoms with Gasteiger partial charge < -0.3 is 15.6 Å². The monoisotopic (exact) mass is 327 g/mol. The molecule has 0 radical (unpaired) electrons. The molecule has 1 saturated heterocycles. The van der Waals surface area contributed by atoms with Crippen molar-refractivity contribution in [3.63, 3.8) is 0 Å². The third-order valence-electron chi connectivity index (χ3n) is 4.21. The van der Waals surface area contributed by atoms with E-state index in [2.05, 4.69) is 29.8 Å². The lowest BCUT2D eigenvalue weighted by Gasteiger charge is -2.35. The summed E-state index contributed by atoms with van der Waals surface area (Å²) in [5.74, 6) is 0.520. The number of hydrogen-bond donors (Lipinski definition) is 2. The Morgan fingerprint density at radius 1 is 1.17 bits per heavy atom. The maximum Gasteiger partial charge on any atom is 0.124 e. The van der Waals surface area contributed by atoms with E-state index in [1.807, 2.05) is 30.3 Å². The second-order valence-corrected chi connectivity index (χ2v) is 6.60. The van der Waals surface area contributed by atoms with Crippen LogP contribution in [-0.2, 0) is 17.9 Å². The van der Waals surface area contributed by atoms with E-state index in [9.17, 15) is 5.11 Å². The van der Waals surface area contributed by atoms with Crippen molar-refractivity contribution in [2.45, 2.75) is 39.2 Å². The molecule has 5 nitrogen and oxygen atoms in total. The molecule has 0 aliphatic carbocycles. The SMILES string of the molecule is C[C@@H]1CN(Cc2cc(N)nc(-c3cccc(CO)c3)c2)C[C@H](C)O1. The molecule has 0 saturated carbocycles. The van der Waals surface area contributed by atoms with Gasteiger partial charge in [0.25, 0.3) is 0 Å². The number of pyridine rings is 1. The summed E-state index contributed by atoms with van der Waals surface area (Å²) in [5, 5.41) is 9.32. The van der Waals surface area contributed by atoms with Crippen LogP contribution in [0.5, 0.6) is 0 Å². The molecule has 1 aromatic heterocycles. The van der Waals surface area contributed by atoms with Crippen LogP contribution >= 0.6 is 0 Å². The van der Waals surface area contributed by atoms with E-state index < -0.39 is 0 Å². The first-order chi connectivity index (χ1) is 11.5. The third-order valence-corrected chi connectivity index (χ3v) is 4.21. The van der Waals surface area contributed by atoms with Gasteiger partial charge in [-0.1, -0.05) is 18.2 Å². The van der Waals surface area contributed by atoms with E-state index in [0.717, 1.165) is 42.0 Å². The predicted octanol–water partition coefficient (Wildman–Crippen LogP) is 2.43. The number of hydrogen-bond acceptors (Lipinski definition) is 5. The molecule has 1 aliphatic heterocycles. The highest BCUT2D eigenvalue weighted by Gasteiger charge is 2.22. The molecule has 2 heterocycles. The minimum Gasteiger partial charge on any atom is -0.392 e. The molecule has 0 amide bonds. The Balaban J connectivity index is 1.83. The van der Waals surface area contributed by atoms with Crippen LogP contribution in [0.2, 0.25) is 0 Å². The lowest BCUT2D eigenvalue weighted by Crippen LogP contribution is -2.44. The number of nitrogens with zero attached hydrogens (tertiary/aromatic N) is 2. The maximum absolute atomic E-state index is 9.32. The first-order valence-electron chi connectivity index (χ1n) is 8.38. The Morgan fingerprint density at radius 2 is 1.92 bits per heavy atom. The summed E-state index contributed by atoms with van der Waals surface area (Å²) >= 11 is 0. The van der Waals surface area contributed by atoms with Crippen LogP contribution in [0.4, 0.5) is 5.82 Å². The first kappa shape index (κ1) is 16.9. The average molecular weight is 327 g/mol. The van der Waals surface area contributed by atoms with Crippen molar-refractivity contribution in [3.05, 3.63) is 47.5 Å². The maximum atomic E-state index is 9.32. The predicted molar refractivity (Wildman–Crippen MR) is 95.3 cm³/mol. The van der Waals surface area contributed by atoms with Crippen LogP contribution in [0.25, 0.3) is 11.3 Å². The summed E-state index contributed by atoms with van der Waals surface area (Å²) in [6, 6.07) is 11.8. The number of aliphatic hydroxyl groups excluding tert-OH is 1. The van der Waals surface area contributed by atoms with Gasteiger partial charge in [0.15, 0.2) is 0 Å². The average Bonchev–Trinajstić information content (AvgIpc) is 2.53. The molecule has 5 heteroatoms. The minimum absolute atomic E-state index is 0.0204. The van der Waals surface area contributed by atoms with Gasteiger partial charge in [-0.3, -0.25) is 4.90 Å². The molecule has 0 unspecified atom stereocenters. The van der Waals surface area contributed by atoms with Gasteiger partial charge in [0, 0.05) is 25.2 Å². The van der Waals surface area contributed by atoms with E-state index in [1.54, 1.807) is 0 Å². The molecule has 128 valence electrons. The van der Waals surface area contributed by atoms with Crippen molar-refractivity contribution in [3.8, 4) is 11.3 Å². The van der Waals surface area contributed by atoms with Gasteiger partial charge in [-0.15, -0.1) is 0 Å². The fraction of sp³-hybridized carbons (Fsp3) is 0.421. The van der Waals surface area contributed by atoms with Gasteiger partial charge in [-0.25, -0.2) is 4.98 Å². The van der Waals surface area contributed by atoms with Gasteiger partial charge in [-0.05, 0) is 43.2 Å². The number of ether oxygens (including phenoxy) is 1. The van der Waals surface area contributed by atoms with Gasteiger partial charge in [-0.2, -0.15) is 0 Å². The van der Waals surface area contributed by atoms with Crippen LogP contribution < -0.4 is 5.73 Å². The molecule has 3 rings (SSSR count). The normalized spacial score (nSPS) is 21.8. The molecule has 0 bridgehead atoms. The molecule has 2 atom stereocenters. The minimum atomic E-state index is 0.0204. The highest BCUT2D eigenvalue weighted by molar-refractivity contribution is 5.62. The van der Waals surface area contributed by atoms with E-state index in [-0.39, 0.29) is 18.8 Å². The van der Waals surface area contributed by atoms with Gasteiger partial charge in [0.05, 0.1) is 24.5 Å². The van der Waals surface area contributed by atoms with E-state index in [4.69, 9.17) is 10.5 Å². The Morgan fingerprint density at radius 3 is 2.62 bits per heavy atom. The standard InChI is InChI=1S/C19H25N3O2/c1-13-9-22(10-14(2)24-13)11-16-7-18(21-19(20)8-16)17-5-3-4-15(6-17)12-23/h3-8,13-14,23H,9-12H2,1-2H3,(H2,20,21)/t13-,14+. The fourth-order valence-corrected chi connectivity index (χ4v) is 3.35. The van der Waals surface area contributed by atoms with Gasteiger partial charge in [0.2, 0.25) is 0 Å². The molecule has 3 N–H and O–H groups in total. The second-order valence-electron chi connectivity index (χ2n) is 6.60. The summed E-state index contributed by atoms with van der Waals surface area (Å²) in [6.45, 7) is 6.90. The summed E-state index contributed by atoms with van der Waals surface area (Å²) in [4.78, 5) is 6.85. The van der Waals surface area contributed by atoms with Crippen LogP contribution in [0, 0.1) is 0 Å². The molecular weight excluding hydrogens is 302 g/mol. The van der Waals surface area contributed by atoms with Gasteiger partial charge in [0.1, 0.15) is 5.82 Å². The zero-order valence-electron chi connectivity index (χ0n) is 14.3. The quantitative estimate of drug-likeness (QED) is 0.902.